The molecule has 2 atom stereocenters. The maximum atomic E-state index is 11.9. The second-order valence-electron chi connectivity index (χ2n) is 4.94. The van der Waals surface area contributed by atoms with Crippen LogP contribution in [-0.2, 0) is 9.53 Å². The lowest BCUT2D eigenvalue weighted by atomic mass is 9.97. The van der Waals surface area contributed by atoms with Gasteiger partial charge in [-0.1, -0.05) is 26.2 Å². The van der Waals surface area contributed by atoms with Crippen molar-refractivity contribution in [2.75, 3.05) is 6.54 Å². The van der Waals surface area contributed by atoms with E-state index in [1.54, 1.807) is 0 Å². The molecule has 4 nitrogen and oxygen atoms in total. The van der Waals surface area contributed by atoms with Crippen LogP contribution >= 0.6 is 0 Å². The summed E-state index contributed by atoms with van der Waals surface area (Å²) in [4.78, 5) is 11.9. The van der Waals surface area contributed by atoms with Gasteiger partial charge in [0.2, 0.25) is 5.91 Å². The smallest absolute Gasteiger partial charge is 0.249 e. The molecule has 0 heterocycles. The van der Waals surface area contributed by atoms with E-state index in [-0.39, 0.29) is 24.2 Å². The maximum Gasteiger partial charge on any atom is 0.249 e. The first-order valence-corrected chi connectivity index (χ1v) is 6.83. The van der Waals surface area contributed by atoms with Crippen LogP contribution in [0.2, 0.25) is 0 Å². The Morgan fingerprint density at radius 2 is 2.06 bits per heavy atom. The average Bonchev–Trinajstić information content (AvgIpc) is 2.36. The molecule has 0 spiro atoms. The van der Waals surface area contributed by atoms with E-state index in [1.807, 2.05) is 13.8 Å². The lowest BCUT2D eigenvalue weighted by Gasteiger charge is -2.27. The van der Waals surface area contributed by atoms with E-state index in [1.165, 1.54) is 19.3 Å². The zero-order valence-corrected chi connectivity index (χ0v) is 11.1. The Morgan fingerprint density at radius 3 is 2.59 bits per heavy atom. The van der Waals surface area contributed by atoms with Crippen molar-refractivity contribution in [1.82, 2.24) is 5.32 Å². The van der Waals surface area contributed by atoms with E-state index < -0.39 is 0 Å². The minimum atomic E-state index is -0.313. The van der Waals surface area contributed by atoms with Crippen LogP contribution in [0.15, 0.2) is 0 Å². The van der Waals surface area contributed by atoms with E-state index in [0.717, 1.165) is 19.3 Å². The Bertz CT molecular complexity index is 227. The zero-order chi connectivity index (χ0) is 12.7. The van der Waals surface area contributed by atoms with Crippen LogP contribution in [0, 0.1) is 0 Å². The number of hydrogen-bond donors (Lipinski definition) is 2. The number of nitrogens with two attached hydrogens (primary N) is 1. The molecule has 0 aliphatic heterocycles. The molecule has 3 N–H and O–H groups in total. The Hall–Kier alpha value is -0.610. The summed E-state index contributed by atoms with van der Waals surface area (Å²) in [6.45, 7) is 4.36. The van der Waals surface area contributed by atoms with Crippen LogP contribution in [0.3, 0.4) is 0 Å². The van der Waals surface area contributed by atoms with Crippen molar-refractivity contribution < 1.29 is 9.53 Å². The summed E-state index contributed by atoms with van der Waals surface area (Å²) in [6, 6.07) is 0.0199. The van der Waals surface area contributed by atoms with Gasteiger partial charge in [0.1, 0.15) is 6.10 Å². The highest BCUT2D eigenvalue weighted by atomic mass is 16.5. The predicted octanol–water partition coefficient (Wildman–Crippen LogP) is 1.58. The normalized spacial score (nSPS) is 20.9. The summed E-state index contributed by atoms with van der Waals surface area (Å²) < 4.78 is 5.89. The largest absolute Gasteiger partial charge is 0.365 e. The van der Waals surface area contributed by atoms with Crippen LogP contribution in [-0.4, -0.2) is 30.7 Å². The number of carbonyl (C=O) groups is 1. The molecular weight excluding hydrogens is 216 g/mol. The molecule has 0 aromatic heterocycles. The van der Waals surface area contributed by atoms with Crippen molar-refractivity contribution in [2.45, 2.75) is 70.6 Å². The number of hydrogen-bond acceptors (Lipinski definition) is 3. The fourth-order valence-corrected chi connectivity index (χ4v) is 2.17. The van der Waals surface area contributed by atoms with Gasteiger partial charge in [0.05, 0.1) is 6.10 Å². The summed E-state index contributed by atoms with van der Waals surface area (Å²) in [5.41, 5.74) is 5.49. The van der Waals surface area contributed by atoms with Crippen molar-refractivity contribution >= 4 is 5.91 Å². The average molecular weight is 242 g/mol. The molecule has 1 aliphatic carbocycles. The van der Waals surface area contributed by atoms with E-state index in [4.69, 9.17) is 10.5 Å². The first-order chi connectivity index (χ1) is 8.17. The van der Waals surface area contributed by atoms with Crippen molar-refractivity contribution in [3.05, 3.63) is 0 Å². The minimum Gasteiger partial charge on any atom is -0.365 e. The van der Waals surface area contributed by atoms with Gasteiger partial charge in [-0.2, -0.15) is 0 Å². The monoisotopic (exact) mass is 242 g/mol. The summed E-state index contributed by atoms with van der Waals surface area (Å²) in [6.07, 6.45) is 6.61. The van der Waals surface area contributed by atoms with Crippen LogP contribution in [0.5, 0.6) is 0 Å². The SMILES string of the molecule is CCC(OC1CCCCC1)C(=O)N[C@@H](C)CN. The molecule has 1 saturated carbocycles. The summed E-state index contributed by atoms with van der Waals surface area (Å²) in [5, 5.41) is 2.88. The highest BCUT2D eigenvalue weighted by Gasteiger charge is 2.23. The fraction of sp³-hybridized carbons (Fsp3) is 0.923. The number of rotatable bonds is 6. The van der Waals surface area contributed by atoms with Crippen LogP contribution < -0.4 is 11.1 Å². The van der Waals surface area contributed by atoms with Gasteiger partial charge in [-0.3, -0.25) is 4.79 Å². The highest BCUT2D eigenvalue weighted by molar-refractivity contribution is 5.81. The predicted molar refractivity (Wildman–Crippen MR) is 68.7 cm³/mol. The number of ether oxygens (including phenoxy) is 1. The third-order valence-corrected chi connectivity index (χ3v) is 3.31. The Kier molecular flexibility index (Phi) is 6.52. The van der Waals surface area contributed by atoms with Crippen LogP contribution in [0.25, 0.3) is 0 Å². The molecule has 4 heteroatoms. The number of nitrogens with one attached hydrogen (secondary N) is 1. The molecule has 100 valence electrons. The van der Waals surface area contributed by atoms with Gasteiger partial charge in [0.25, 0.3) is 0 Å². The molecule has 0 aromatic rings. The quantitative estimate of drug-likeness (QED) is 0.743. The van der Waals surface area contributed by atoms with Gasteiger partial charge in [0, 0.05) is 12.6 Å². The van der Waals surface area contributed by atoms with E-state index in [2.05, 4.69) is 5.32 Å². The maximum absolute atomic E-state index is 11.9. The second-order valence-corrected chi connectivity index (χ2v) is 4.94. The van der Waals surface area contributed by atoms with Gasteiger partial charge in [-0.15, -0.1) is 0 Å². The summed E-state index contributed by atoms with van der Waals surface area (Å²) in [7, 11) is 0. The molecule has 0 saturated heterocycles. The standard InChI is InChI=1S/C13H26N2O2/c1-3-12(13(16)15-10(2)9-14)17-11-7-5-4-6-8-11/h10-12H,3-9,14H2,1-2H3,(H,15,16)/t10-,12?/m0/s1. The van der Waals surface area contributed by atoms with Crippen molar-refractivity contribution in [2.24, 2.45) is 5.73 Å². The lowest BCUT2D eigenvalue weighted by Crippen LogP contribution is -2.45. The number of carbonyl (C=O) groups excluding carboxylic acids is 1. The molecule has 1 aliphatic rings. The first-order valence-electron chi connectivity index (χ1n) is 6.83. The van der Waals surface area contributed by atoms with E-state index >= 15 is 0 Å². The third-order valence-electron chi connectivity index (χ3n) is 3.31. The van der Waals surface area contributed by atoms with Gasteiger partial charge < -0.3 is 15.8 Å². The Morgan fingerprint density at radius 1 is 1.41 bits per heavy atom. The molecule has 17 heavy (non-hydrogen) atoms. The molecular formula is C13H26N2O2. The molecule has 0 aromatic carbocycles. The molecule has 1 unspecified atom stereocenters. The molecule has 1 fully saturated rings. The van der Waals surface area contributed by atoms with Crippen LogP contribution in [0.4, 0.5) is 0 Å². The Balaban J connectivity index is 2.37. The minimum absolute atomic E-state index is 0.0176. The van der Waals surface area contributed by atoms with Crippen LogP contribution in [0.1, 0.15) is 52.4 Å². The van der Waals surface area contributed by atoms with Crippen molar-refractivity contribution in [1.29, 1.82) is 0 Å². The van der Waals surface area contributed by atoms with Crippen molar-refractivity contribution in [3.63, 3.8) is 0 Å². The van der Waals surface area contributed by atoms with E-state index in [0.29, 0.717) is 6.54 Å². The third kappa shape index (κ3) is 5.04. The zero-order valence-electron chi connectivity index (χ0n) is 11.1. The summed E-state index contributed by atoms with van der Waals surface area (Å²) in [5.74, 6) is -0.0176. The van der Waals surface area contributed by atoms with Gasteiger partial charge in [-0.25, -0.2) is 0 Å². The molecule has 0 bridgehead atoms. The summed E-state index contributed by atoms with van der Waals surface area (Å²) >= 11 is 0. The molecule has 1 rings (SSSR count). The highest BCUT2D eigenvalue weighted by Crippen LogP contribution is 2.22. The fourth-order valence-electron chi connectivity index (χ4n) is 2.17. The van der Waals surface area contributed by atoms with Gasteiger partial charge >= 0.3 is 0 Å². The van der Waals surface area contributed by atoms with Gasteiger partial charge in [-0.05, 0) is 26.2 Å². The second kappa shape index (κ2) is 7.67. The van der Waals surface area contributed by atoms with Crippen molar-refractivity contribution in [3.8, 4) is 0 Å². The van der Waals surface area contributed by atoms with Gasteiger partial charge in [0.15, 0.2) is 0 Å². The van der Waals surface area contributed by atoms with E-state index in [9.17, 15) is 4.79 Å². The number of amides is 1. The first kappa shape index (κ1) is 14.5. The lowest BCUT2D eigenvalue weighted by molar-refractivity contribution is -0.138. The Labute approximate surface area is 104 Å². The molecule has 1 amide bonds. The molecule has 0 radical (unpaired) electrons. The topological polar surface area (TPSA) is 64.3 Å².